The van der Waals surface area contributed by atoms with Gasteiger partial charge in [-0.3, -0.25) is 0 Å². The number of benzene rings is 1. The maximum absolute atomic E-state index is 9.49. The number of nitrogens with zero attached hydrogens (tertiary/aromatic N) is 2. The molecule has 0 fully saturated rings. The van der Waals surface area contributed by atoms with Crippen molar-refractivity contribution in [1.29, 1.82) is 0 Å². The fourth-order valence-electron chi connectivity index (χ4n) is 1.99. The minimum absolute atomic E-state index is 0.467. The maximum Gasteiger partial charge on any atom is 0.128 e. The first kappa shape index (κ1) is 13.6. The number of hydrogen-bond donors (Lipinski definition) is 1. The molecule has 1 N–H and O–H groups in total. The van der Waals surface area contributed by atoms with Crippen LogP contribution in [0, 0.1) is 0 Å². The standard InChI is InChI=1S/C16H20N2O/c1-3-18(12-14-7-5-4-6-8-14)16-10-9-15(11-17-16)13(2)19/h4-11,13,19H,3,12H2,1-2H3. The zero-order valence-corrected chi connectivity index (χ0v) is 11.5. The Kier molecular flexibility index (Phi) is 4.53. The molecule has 0 bridgehead atoms. The molecule has 100 valence electrons. The van der Waals surface area contributed by atoms with Crippen LogP contribution in [0.15, 0.2) is 48.7 Å². The molecule has 1 unspecified atom stereocenters. The predicted molar refractivity (Wildman–Crippen MR) is 78.0 cm³/mol. The molecule has 0 spiro atoms. The van der Waals surface area contributed by atoms with Gasteiger partial charge < -0.3 is 10.0 Å². The summed E-state index contributed by atoms with van der Waals surface area (Å²) in [6, 6.07) is 14.3. The number of aliphatic hydroxyl groups excluding tert-OH is 1. The Hall–Kier alpha value is -1.87. The third-order valence-corrected chi connectivity index (χ3v) is 3.18. The van der Waals surface area contributed by atoms with Gasteiger partial charge in [0, 0.05) is 19.3 Å². The molecule has 0 aliphatic carbocycles. The minimum atomic E-state index is -0.467. The van der Waals surface area contributed by atoms with Crippen molar-refractivity contribution in [1.82, 2.24) is 4.98 Å². The molecule has 0 radical (unpaired) electrons. The Morgan fingerprint density at radius 3 is 2.42 bits per heavy atom. The van der Waals surface area contributed by atoms with Gasteiger partial charge in [0.25, 0.3) is 0 Å². The Bertz CT molecular complexity index is 494. The smallest absolute Gasteiger partial charge is 0.128 e. The molecule has 3 heteroatoms. The number of anilines is 1. The van der Waals surface area contributed by atoms with Gasteiger partial charge in [-0.05, 0) is 31.0 Å². The lowest BCUT2D eigenvalue weighted by molar-refractivity contribution is 0.199. The van der Waals surface area contributed by atoms with Crippen LogP contribution >= 0.6 is 0 Å². The molecule has 0 saturated heterocycles. The summed E-state index contributed by atoms with van der Waals surface area (Å²) in [5.41, 5.74) is 2.12. The molecule has 2 aromatic rings. The first-order valence-electron chi connectivity index (χ1n) is 6.63. The van der Waals surface area contributed by atoms with E-state index in [1.54, 1.807) is 13.1 Å². The highest BCUT2D eigenvalue weighted by Crippen LogP contribution is 2.17. The highest BCUT2D eigenvalue weighted by molar-refractivity contribution is 5.40. The van der Waals surface area contributed by atoms with Gasteiger partial charge in [-0.15, -0.1) is 0 Å². The second-order valence-corrected chi connectivity index (χ2v) is 4.63. The highest BCUT2D eigenvalue weighted by Gasteiger charge is 2.07. The van der Waals surface area contributed by atoms with Crippen molar-refractivity contribution in [2.75, 3.05) is 11.4 Å². The van der Waals surface area contributed by atoms with Crippen molar-refractivity contribution >= 4 is 5.82 Å². The number of pyridine rings is 1. The van der Waals surface area contributed by atoms with Gasteiger partial charge in [-0.1, -0.05) is 36.4 Å². The second kappa shape index (κ2) is 6.34. The second-order valence-electron chi connectivity index (χ2n) is 4.63. The van der Waals surface area contributed by atoms with Gasteiger partial charge in [0.05, 0.1) is 6.10 Å². The lowest BCUT2D eigenvalue weighted by Gasteiger charge is -2.22. The average Bonchev–Trinajstić information content (AvgIpc) is 2.46. The van der Waals surface area contributed by atoms with Crippen molar-refractivity contribution in [3.8, 4) is 0 Å². The predicted octanol–water partition coefficient (Wildman–Crippen LogP) is 3.16. The van der Waals surface area contributed by atoms with Crippen LogP contribution in [0.1, 0.15) is 31.1 Å². The first-order chi connectivity index (χ1) is 9.20. The quantitative estimate of drug-likeness (QED) is 0.892. The van der Waals surface area contributed by atoms with E-state index in [1.807, 2.05) is 30.3 Å². The van der Waals surface area contributed by atoms with E-state index in [0.29, 0.717) is 0 Å². The van der Waals surface area contributed by atoms with E-state index in [0.717, 1.165) is 24.5 Å². The molecule has 0 aliphatic heterocycles. The fourth-order valence-corrected chi connectivity index (χ4v) is 1.99. The van der Waals surface area contributed by atoms with Gasteiger partial charge in [0.1, 0.15) is 5.82 Å². The van der Waals surface area contributed by atoms with Gasteiger partial charge in [-0.25, -0.2) is 4.98 Å². The highest BCUT2D eigenvalue weighted by atomic mass is 16.3. The maximum atomic E-state index is 9.49. The normalized spacial score (nSPS) is 12.2. The summed E-state index contributed by atoms with van der Waals surface area (Å²) < 4.78 is 0. The van der Waals surface area contributed by atoms with E-state index in [1.165, 1.54) is 5.56 Å². The van der Waals surface area contributed by atoms with Gasteiger partial charge >= 0.3 is 0 Å². The molecule has 2 rings (SSSR count). The first-order valence-corrected chi connectivity index (χ1v) is 6.63. The van der Waals surface area contributed by atoms with Crippen molar-refractivity contribution in [3.63, 3.8) is 0 Å². The Labute approximate surface area is 114 Å². The van der Waals surface area contributed by atoms with Gasteiger partial charge in [0.2, 0.25) is 0 Å². The molecule has 19 heavy (non-hydrogen) atoms. The number of aliphatic hydroxyl groups is 1. The topological polar surface area (TPSA) is 36.4 Å². The third-order valence-electron chi connectivity index (χ3n) is 3.18. The van der Waals surface area contributed by atoms with E-state index in [9.17, 15) is 5.11 Å². The van der Waals surface area contributed by atoms with Crippen LogP contribution in [-0.2, 0) is 6.54 Å². The van der Waals surface area contributed by atoms with Crippen LogP contribution in [0.25, 0.3) is 0 Å². The zero-order chi connectivity index (χ0) is 13.7. The third kappa shape index (κ3) is 3.55. The lowest BCUT2D eigenvalue weighted by Crippen LogP contribution is -2.23. The van der Waals surface area contributed by atoms with Crippen molar-refractivity contribution in [2.24, 2.45) is 0 Å². The largest absolute Gasteiger partial charge is 0.389 e. The molecule has 3 nitrogen and oxygen atoms in total. The average molecular weight is 256 g/mol. The van der Waals surface area contributed by atoms with Crippen LogP contribution < -0.4 is 4.90 Å². The van der Waals surface area contributed by atoms with E-state index in [2.05, 4.69) is 28.9 Å². The lowest BCUT2D eigenvalue weighted by atomic mass is 10.2. The Balaban J connectivity index is 2.13. The molecule has 1 heterocycles. The summed E-state index contributed by atoms with van der Waals surface area (Å²) >= 11 is 0. The van der Waals surface area contributed by atoms with Crippen LogP contribution in [0.4, 0.5) is 5.82 Å². The number of hydrogen-bond acceptors (Lipinski definition) is 3. The Morgan fingerprint density at radius 1 is 1.16 bits per heavy atom. The van der Waals surface area contributed by atoms with E-state index < -0.39 is 6.10 Å². The molecular weight excluding hydrogens is 236 g/mol. The van der Waals surface area contributed by atoms with Gasteiger partial charge in [-0.2, -0.15) is 0 Å². The van der Waals surface area contributed by atoms with E-state index in [-0.39, 0.29) is 0 Å². The molecule has 1 atom stereocenters. The van der Waals surface area contributed by atoms with Crippen molar-refractivity contribution in [3.05, 3.63) is 59.8 Å². The van der Waals surface area contributed by atoms with Crippen molar-refractivity contribution in [2.45, 2.75) is 26.5 Å². The summed E-state index contributed by atoms with van der Waals surface area (Å²) in [6.45, 7) is 5.61. The van der Waals surface area contributed by atoms with E-state index >= 15 is 0 Å². The molecule has 0 amide bonds. The molecule has 1 aromatic carbocycles. The molecule has 0 saturated carbocycles. The molecule has 0 aliphatic rings. The molecule has 1 aromatic heterocycles. The molecular formula is C16H20N2O. The number of rotatable bonds is 5. The van der Waals surface area contributed by atoms with E-state index in [4.69, 9.17) is 0 Å². The van der Waals surface area contributed by atoms with Gasteiger partial charge in [0.15, 0.2) is 0 Å². The Morgan fingerprint density at radius 2 is 1.89 bits per heavy atom. The summed E-state index contributed by atoms with van der Waals surface area (Å²) in [4.78, 5) is 6.64. The summed E-state index contributed by atoms with van der Waals surface area (Å²) in [7, 11) is 0. The van der Waals surface area contributed by atoms with Crippen molar-refractivity contribution < 1.29 is 5.11 Å². The number of aromatic nitrogens is 1. The van der Waals surface area contributed by atoms with Crippen LogP contribution in [0.5, 0.6) is 0 Å². The summed E-state index contributed by atoms with van der Waals surface area (Å²) in [6.07, 6.45) is 1.28. The van der Waals surface area contributed by atoms with Crippen LogP contribution in [0.3, 0.4) is 0 Å². The SMILES string of the molecule is CCN(Cc1ccccc1)c1ccc(C(C)O)cn1. The zero-order valence-electron chi connectivity index (χ0n) is 11.5. The minimum Gasteiger partial charge on any atom is -0.389 e. The summed E-state index contributed by atoms with van der Waals surface area (Å²) in [5, 5.41) is 9.49. The summed E-state index contributed by atoms with van der Waals surface area (Å²) in [5.74, 6) is 0.941. The monoisotopic (exact) mass is 256 g/mol. The van der Waals surface area contributed by atoms with Crippen LogP contribution in [-0.4, -0.2) is 16.6 Å². The van der Waals surface area contributed by atoms with Crippen LogP contribution in [0.2, 0.25) is 0 Å². The fraction of sp³-hybridized carbons (Fsp3) is 0.312.